The number of nitrogens with one attached hydrogen (secondary N) is 1. The van der Waals surface area contributed by atoms with E-state index in [4.69, 9.17) is 4.74 Å². The number of carbonyl (C=O) groups excluding carboxylic acids is 1. The van der Waals surface area contributed by atoms with Gasteiger partial charge in [-0.1, -0.05) is 37.3 Å². The highest BCUT2D eigenvalue weighted by molar-refractivity contribution is 7.92. The highest BCUT2D eigenvalue weighted by Gasteiger charge is 2.31. The molecule has 3 atom stereocenters. The first kappa shape index (κ1) is 29.5. The van der Waals surface area contributed by atoms with Gasteiger partial charge in [0.05, 0.1) is 24.0 Å². The number of rotatable bonds is 9. The minimum atomic E-state index is -3.98. The van der Waals surface area contributed by atoms with Crippen LogP contribution in [-0.2, 0) is 27.8 Å². The van der Waals surface area contributed by atoms with Gasteiger partial charge in [-0.15, -0.1) is 0 Å². The predicted octanol–water partition coefficient (Wildman–Crippen LogP) is 3.91. The zero-order chi connectivity index (χ0) is 28.9. The second-order valence-corrected chi connectivity index (χ2v) is 12.1. The summed E-state index contributed by atoms with van der Waals surface area (Å²) in [4.78, 5) is 17.2. The van der Waals surface area contributed by atoms with Gasteiger partial charge in [0.1, 0.15) is 17.7 Å². The third-order valence-corrected chi connectivity index (χ3v) is 8.48. The monoisotopic (exact) mass is 569 g/mol. The number of carbonyl (C=O) groups is 1. The van der Waals surface area contributed by atoms with Gasteiger partial charge in [0.25, 0.3) is 10.0 Å². The summed E-state index contributed by atoms with van der Waals surface area (Å²) < 4.78 is 48.1. The van der Waals surface area contributed by atoms with E-state index in [-0.39, 0.29) is 47.6 Å². The van der Waals surface area contributed by atoms with Crippen molar-refractivity contribution in [1.82, 2.24) is 9.80 Å². The molecule has 1 heterocycles. The van der Waals surface area contributed by atoms with E-state index in [1.165, 1.54) is 17.7 Å². The zero-order valence-electron chi connectivity index (χ0n) is 23.0. The summed E-state index contributed by atoms with van der Waals surface area (Å²) in [6.45, 7) is 5.37. The molecule has 0 fully saturated rings. The lowest BCUT2D eigenvalue weighted by Gasteiger charge is -2.34. The quantitative estimate of drug-likeness (QED) is 0.406. The highest BCUT2D eigenvalue weighted by Crippen LogP contribution is 2.30. The number of aliphatic hydroxyl groups excluding tert-OH is 1. The minimum absolute atomic E-state index is 0.0227. The Morgan fingerprint density at radius 1 is 1.12 bits per heavy atom. The van der Waals surface area contributed by atoms with Crippen LogP contribution in [-0.4, -0.2) is 68.1 Å². The molecule has 0 unspecified atom stereocenters. The van der Waals surface area contributed by atoms with Crippen LogP contribution in [0.2, 0.25) is 0 Å². The van der Waals surface area contributed by atoms with Crippen molar-refractivity contribution in [2.45, 2.75) is 43.9 Å². The molecule has 3 aromatic carbocycles. The summed E-state index contributed by atoms with van der Waals surface area (Å²) in [7, 11) is -1.96. The van der Waals surface area contributed by atoms with E-state index in [1.54, 1.807) is 30.0 Å². The average molecular weight is 570 g/mol. The number of fused-ring (bicyclic) bond motifs is 1. The van der Waals surface area contributed by atoms with Gasteiger partial charge >= 0.3 is 0 Å². The largest absolute Gasteiger partial charge is 0.488 e. The highest BCUT2D eigenvalue weighted by atomic mass is 32.2. The summed E-state index contributed by atoms with van der Waals surface area (Å²) in [6, 6.07) is 19.1. The lowest BCUT2D eigenvalue weighted by molar-refractivity contribution is -0.134. The van der Waals surface area contributed by atoms with Crippen LogP contribution >= 0.6 is 0 Å². The van der Waals surface area contributed by atoms with E-state index in [9.17, 15) is 22.7 Å². The Morgan fingerprint density at radius 3 is 2.50 bits per heavy atom. The Labute approximate surface area is 235 Å². The summed E-state index contributed by atoms with van der Waals surface area (Å²) in [5.41, 5.74) is 1.96. The Bertz CT molecular complexity index is 1400. The Morgan fingerprint density at radius 2 is 1.82 bits per heavy atom. The molecule has 3 aromatic rings. The number of halogens is 1. The van der Waals surface area contributed by atoms with E-state index in [0.29, 0.717) is 24.4 Å². The molecular weight excluding hydrogens is 533 g/mol. The number of benzene rings is 3. The number of likely N-dealkylation sites (N-methyl/N-ethyl adjacent to an activating group) is 1. The second kappa shape index (κ2) is 12.8. The van der Waals surface area contributed by atoms with Crippen molar-refractivity contribution < 1.29 is 27.4 Å². The first-order valence-corrected chi connectivity index (χ1v) is 14.7. The van der Waals surface area contributed by atoms with Crippen molar-refractivity contribution in [1.29, 1.82) is 0 Å². The predicted molar refractivity (Wildman–Crippen MR) is 152 cm³/mol. The molecular formula is C30H36FN3O5S. The topological polar surface area (TPSA) is 99.2 Å². The molecule has 0 spiro atoms. The standard InChI is InChI=1S/C30H36FN3O5S/c1-21-17-34(22(2)20-35)30(36)16-24-15-26(32-40(37,38)27-12-9-25(31)10-13-27)11-14-28(24)39-29(21)19-33(3)18-23-7-5-4-6-8-23/h4-15,21-22,29,32,35H,16-20H2,1-3H3/t21-,22+,29+/m0/s1. The fraction of sp³-hybridized carbons (Fsp3) is 0.367. The molecule has 0 aliphatic carbocycles. The Balaban J connectivity index is 1.63. The van der Waals surface area contributed by atoms with Gasteiger partial charge in [-0.25, -0.2) is 12.8 Å². The molecule has 1 aliphatic heterocycles. The number of nitrogens with zero attached hydrogens (tertiary/aromatic N) is 2. The van der Waals surface area contributed by atoms with Gasteiger partial charge in [0, 0.05) is 36.8 Å². The van der Waals surface area contributed by atoms with Gasteiger partial charge in [-0.2, -0.15) is 0 Å². The van der Waals surface area contributed by atoms with Crippen molar-refractivity contribution in [3.05, 3.63) is 89.7 Å². The number of aliphatic hydroxyl groups is 1. The molecule has 0 bridgehead atoms. The van der Waals surface area contributed by atoms with Crippen LogP contribution < -0.4 is 9.46 Å². The third-order valence-electron chi connectivity index (χ3n) is 7.08. The number of anilines is 1. The van der Waals surface area contributed by atoms with Gasteiger partial charge in [0.15, 0.2) is 0 Å². The van der Waals surface area contributed by atoms with Crippen molar-refractivity contribution in [3.63, 3.8) is 0 Å². The maximum absolute atomic E-state index is 13.4. The van der Waals surface area contributed by atoms with Crippen molar-refractivity contribution in [2.24, 2.45) is 5.92 Å². The van der Waals surface area contributed by atoms with Crippen LogP contribution in [0.1, 0.15) is 25.0 Å². The smallest absolute Gasteiger partial charge is 0.261 e. The van der Waals surface area contributed by atoms with Gasteiger partial charge in [-0.3, -0.25) is 14.4 Å². The second-order valence-electron chi connectivity index (χ2n) is 10.5. The Hall–Kier alpha value is -3.47. The van der Waals surface area contributed by atoms with E-state index in [2.05, 4.69) is 21.8 Å². The number of ether oxygens (including phenoxy) is 1. The number of amides is 1. The van der Waals surface area contributed by atoms with Crippen LogP contribution in [0.25, 0.3) is 0 Å². The van der Waals surface area contributed by atoms with E-state index in [1.807, 2.05) is 32.2 Å². The summed E-state index contributed by atoms with van der Waals surface area (Å²) in [5, 5.41) is 9.86. The molecule has 0 aromatic heterocycles. The molecule has 1 amide bonds. The minimum Gasteiger partial charge on any atom is -0.488 e. The lowest BCUT2D eigenvalue weighted by Crippen LogP contribution is -2.47. The van der Waals surface area contributed by atoms with Crippen molar-refractivity contribution in [3.8, 4) is 5.75 Å². The lowest BCUT2D eigenvalue weighted by atomic mass is 10.0. The first-order chi connectivity index (χ1) is 19.1. The zero-order valence-corrected chi connectivity index (χ0v) is 23.8. The number of hydrogen-bond donors (Lipinski definition) is 2. The van der Waals surface area contributed by atoms with Gasteiger partial charge in [-0.05, 0) is 62.0 Å². The van der Waals surface area contributed by atoms with Crippen LogP contribution in [0.3, 0.4) is 0 Å². The molecule has 214 valence electrons. The number of sulfonamides is 1. The normalized spacial score (nSPS) is 18.8. The summed E-state index contributed by atoms with van der Waals surface area (Å²) in [6.07, 6.45) is -0.307. The van der Waals surface area contributed by atoms with Crippen LogP contribution in [0.5, 0.6) is 5.75 Å². The number of hydrogen-bond acceptors (Lipinski definition) is 6. The van der Waals surface area contributed by atoms with Gasteiger partial charge in [0.2, 0.25) is 5.91 Å². The van der Waals surface area contributed by atoms with E-state index in [0.717, 1.165) is 18.7 Å². The summed E-state index contributed by atoms with van der Waals surface area (Å²) in [5.74, 6) is -0.276. The van der Waals surface area contributed by atoms with E-state index < -0.39 is 15.8 Å². The molecule has 4 rings (SSSR count). The molecule has 8 nitrogen and oxygen atoms in total. The molecule has 1 aliphatic rings. The maximum Gasteiger partial charge on any atom is 0.261 e. The molecule has 10 heteroatoms. The van der Waals surface area contributed by atoms with Crippen LogP contribution in [0.4, 0.5) is 10.1 Å². The van der Waals surface area contributed by atoms with Crippen molar-refractivity contribution in [2.75, 3.05) is 31.5 Å². The van der Waals surface area contributed by atoms with E-state index >= 15 is 0 Å². The average Bonchev–Trinajstić information content (AvgIpc) is 2.96. The maximum atomic E-state index is 13.4. The van der Waals surface area contributed by atoms with Crippen LogP contribution in [0, 0.1) is 11.7 Å². The molecule has 0 saturated heterocycles. The Kier molecular flexibility index (Phi) is 9.44. The molecule has 0 radical (unpaired) electrons. The molecule has 40 heavy (non-hydrogen) atoms. The fourth-order valence-electron chi connectivity index (χ4n) is 4.81. The fourth-order valence-corrected chi connectivity index (χ4v) is 5.86. The first-order valence-electron chi connectivity index (χ1n) is 13.3. The van der Waals surface area contributed by atoms with Crippen molar-refractivity contribution >= 4 is 21.6 Å². The van der Waals surface area contributed by atoms with Crippen LogP contribution in [0.15, 0.2) is 77.7 Å². The van der Waals surface area contributed by atoms with Gasteiger partial charge < -0.3 is 14.7 Å². The SMILES string of the molecule is C[C@H](CO)N1C[C@H](C)[C@@H](CN(C)Cc2ccccc2)Oc2ccc(NS(=O)(=O)c3ccc(F)cc3)cc2CC1=O. The molecule has 0 saturated carbocycles. The third kappa shape index (κ3) is 7.38. The summed E-state index contributed by atoms with van der Waals surface area (Å²) >= 11 is 0. The molecule has 2 N–H and O–H groups in total.